The summed E-state index contributed by atoms with van der Waals surface area (Å²) in [7, 11) is 0. The molecule has 1 saturated heterocycles. The molecule has 0 N–H and O–H groups in total. The van der Waals surface area contributed by atoms with Gasteiger partial charge in [0.25, 0.3) is 0 Å². The van der Waals surface area contributed by atoms with Crippen LogP contribution in [0.5, 0.6) is 0 Å². The summed E-state index contributed by atoms with van der Waals surface area (Å²) in [6.45, 7) is 0.509. The summed E-state index contributed by atoms with van der Waals surface area (Å²) in [6.07, 6.45) is 8.25. The van der Waals surface area contributed by atoms with E-state index in [-0.39, 0.29) is 23.7 Å². The zero-order valence-corrected chi connectivity index (χ0v) is 8.03. The minimum absolute atomic E-state index is 0.00772. The van der Waals surface area contributed by atoms with E-state index >= 15 is 0 Å². The Hall–Kier alpha value is -1.30. The molecular weight excluding hydrogens is 178 g/mol. The number of carbonyl (C=O) groups is 2. The second-order valence-electron chi connectivity index (χ2n) is 3.93. The standard InChI is InChI=1S/C11H13NO2/c1-2-3-4-7-12-10(13)8-5-6-9(8)11(12)14/h1,8-9H,3-7H2/t8-,9+. The first-order chi connectivity index (χ1) is 6.75. The van der Waals surface area contributed by atoms with E-state index in [4.69, 9.17) is 6.42 Å². The highest BCUT2D eigenvalue weighted by molar-refractivity contribution is 6.06. The molecule has 2 atom stereocenters. The van der Waals surface area contributed by atoms with Gasteiger partial charge in [-0.1, -0.05) is 0 Å². The number of fused-ring (bicyclic) bond motifs is 1. The van der Waals surface area contributed by atoms with Crippen molar-refractivity contribution in [2.45, 2.75) is 25.7 Å². The first-order valence-electron chi connectivity index (χ1n) is 5.04. The molecule has 1 heterocycles. The summed E-state index contributed by atoms with van der Waals surface area (Å²) in [5.74, 6) is 2.59. The fraction of sp³-hybridized carbons (Fsp3) is 0.636. The molecule has 0 spiro atoms. The molecular formula is C11H13NO2. The van der Waals surface area contributed by atoms with Crippen LogP contribution in [0.3, 0.4) is 0 Å². The molecule has 1 saturated carbocycles. The molecule has 0 aromatic heterocycles. The Morgan fingerprint density at radius 2 is 1.86 bits per heavy atom. The molecule has 0 radical (unpaired) electrons. The number of amides is 2. The van der Waals surface area contributed by atoms with Gasteiger partial charge < -0.3 is 0 Å². The summed E-state index contributed by atoms with van der Waals surface area (Å²) in [4.78, 5) is 24.7. The molecule has 14 heavy (non-hydrogen) atoms. The Kier molecular flexibility index (Phi) is 2.28. The minimum Gasteiger partial charge on any atom is -0.282 e. The van der Waals surface area contributed by atoms with Gasteiger partial charge in [0.1, 0.15) is 0 Å². The van der Waals surface area contributed by atoms with Crippen molar-refractivity contribution >= 4 is 11.8 Å². The van der Waals surface area contributed by atoms with Crippen LogP contribution in [-0.4, -0.2) is 23.3 Å². The van der Waals surface area contributed by atoms with Gasteiger partial charge in [-0.2, -0.15) is 0 Å². The van der Waals surface area contributed by atoms with Crippen LogP contribution < -0.4 is 0 Å². The van der Waals surface area contributed by atoms with E-state index in [1.54, 1.807) is 0 Å². The SMILES string of the molecule is C#CCCCN1C(=O)[C@H]2CC[C@H]2C1=O. The smallest absolute Gasteiger partial charge is 0.233 e. The number of hydrogen-bond donors (Lipinski definition) is 0. The van der Waals surface area contributed by atoms with Gasteiger partial charge >= 0.3 is 0 Å². The van der Waals surface area contributed by atoms with Crippen LogP contribution in [0.15, 0.2) is 0 Å². The third-order valence-corrected chi connectivity index (χ3v) is 3.14. The van der Waals surface area contributed by atoms with E-state index in [2.05, 4.69) is 5.92 Å². The summed E-state index contributed by atoms with van der Waals surface area (Å²) < 4.78 is 0. The van der Waals surface area contributed by atoms with Crippen LogP contribution in [0, 0.1) is 24.2 Å². The number of likely N-dealkylation sites (tertiary alicyclic amines) is 1. The van der Waals surface area contributed by atoms with Crippen LogP contribution in [0.4, 0.5) is 0 Å². The normalized spacial score (nSPS) is 29.8. The number of terminal acetylenes is 1. The Labute approximate surface area is 83.5 Å². The molecule has 2 amide bonds. The van der Waals surface area contributed by atoms with Crippen LogP contribution in [0.1, 0.15) is 25.7 Å². The molecule has 0 unspecified atom stereocenters. The van der Waals surface area contributed by atoms with Gasteiger partial charge in [-0.25, -0.2) is 0 Å². The molecule has 0 aromatic carbocycles. The monoisotopic (exact) mass is 191 g/mol. The van der Waals surface area contributed by atoms with Gasteiger partial charge in [0.05, 0.1) is 11.8 Å². The second kappa shape index (κ2) is 3.45. The maximum absolute atomic E-state index is 11.6. The van der Waals surface area contributed by atoms with E-state index in [1.807, 2.05) is 0 Å². The summed E-state index contributed by atoms with van der Waals surface area (Å²) in [5, 5.41) is 0. The number of carbonyl (C=O) groups excluding carboxylic acids is 2. The summed E-state index contributed by atoms with van der Waals surface area (Å²) >= 11 is 0. The van der Waals surface area contributed by atoms with Gasteiger partial charge in [-0.05, 0) is 19.3 Å². The first-order valence-corrected chi connectivity index (χ1v) is 5.04. The van der Waals surface area contributed by atoms with Gasteiger partial charge in [0, 0.05) is 13.0 Å². The van der Waals surface area contributed by atoms with Gasteiger partial charge in [-0.3, -0.25) is 14.5 Å². The average molecular weight is 191 g/mol. The summed E-state index contributed by atoms with van der Waals surface area (Å²) in [6, 6.07) is 0. The fourth-order valence-corrected chi connectivity index (χ4v) is 2.16. The third kappa shape index (κ3) is 1.22. The Balaban J connectivity index is 1.95. The predicted octanol–water partition coefficient (Wildman–Crippen LogP) is 0.795. The highest BCUT2D eigenvalue weighted by atomic mass is 16.2. The van der Waals surface area contributed by atoms with E-state index in [1.165, 1.54) is 4.90 Å². The number of unbranched alkanes of at least 4 members (excludes halogenated alkanes) is 1. The molecule has 0 bridgehead atoms. The van der Waals surface area contributed by atoms with E-state index in [9.17, 15) is 9.59 Å². The molecule has 74 valence electrons. The van der Waals surface area contributed by atoms with Gasteiger partial charge in [0.2, 0.25) is 11.8 Å². The topological polar surface area (TPSA) is 37.4 Å². The summed E-state index contributed by atoms with van der Waals surface area (Å²) in [5.41, 5.74) is 0. The lowest BCUT2D eigenvalue weighted by atomic mass is 9.76. The number of rotatable bonds is 3. The maximum Gasteiger partial charge on any atom is 0.233 e. The van der Waals surface area contributed by atoms with E-state index < -0.39 is 0 Å². The highest BCUT2D eigenvalue weighted by Crippen LogP contribution is 2.42. The molecule has 3 nitrogen and oxygen atoms in total. The van der Waals surface area contributed by atoms with E-state index in [0.29, 0.717) is 13.0 Å². The fourth-order valence-electron chi connectivity index (χ4n) is 2.16. The molecule has 2 fully saturated rings. The van der Waals surface area contributed by atoms with Gasteiger partial charge in [0.15, 0.2) is 0 Å². The van der Waals surface area contributed by atoms with Crippen molar-refractivity contribution in [1.29, 1.82) is 0 Å². The predicted molar refractivity (Wildman–Crippen MR) is 51.0 cm³/mol. The van der Waals surface area contributed by atoms with Crippen molar-refractivity contribution in [2.75, 3.05) is 6.54 Å². The quantitative estimate of drug-likeness (QED) is 0.376. The molecule has 0 aromatic rings. The van der Waals surface area contributed by atoms with Crippen molar-refractivity contribution < 1.29 is 9.59 Å². The van der Waals surface area contributed by atoms with Gasteiger partial charge in [-0.15, -0.1) is 12.3 Å². The van der Waals surface area contributed by atoms with Crippen LogP contribution >= 0.6 is 0 Å². The molecule has 2 aliphatic rings. The lowest BCUT2D eigenvalue weighted by molar-refractivity contribution is -0.139. The third-order valence-electron chi connectivity index (χ3n) is 3.14. The number of nitrogens with zero attached hydrogens (tertiary/aromatic N) is 1. The molecule has 3 heteroatoms. The first kappa shape index (κ1) is 9.26. The van der Waals surface area contributed by atoms with Crippen molar-refractivity contribution in [3.63, 3.8) is 0 Å². The van der Waals surface area contributed by atoms with Crippen molar-refractivity contribution in [2.24, 2.45) is 11.8 Å². The van der Waals surface area contributed by atoms with E-state index in [0.717, 1.165) is 19.3 Å². The molecule has 1 aliphatic carbocycles. The zero-order chi connectivity index (χ0) is 10.1. The second-order valence-corrected chi connectivity index (χ2v) is 3.93. The van der Waals surface area contributed by atoms with Crippen LogP contribution in [0.25, 0.3) is 0 Å². The average Bonchev–Trinajstić information content (AvgIpc) is 2.23. The maximum atomic E-state index is 11.6. The largest absolute Gasteiger partial charge is 0.282 e. The lowest BCUT2D eigenvalue weighted by Gasteiger charge is -2.24. The minimum atomic E-state index is 0.00772. The number of hydrogen-bond acceptors (Lipinski definition) is 2. The molecule has 1 aliphatic heterocycles. The Morgan fingerprint density at radius 1 is 1.29 bits per heavy atom. The lowest BCUT2D eigenvalue weighted by Crippen LogP contribution is -2.31. The molecule has 2 rings (SSSR count). The Bertz CT molecular complexity index is 294. The number of imide groups is 1. The highest BCUT2D eigenvalue weighted by Gasteiger charge is 2.52. The Morgan fingerprint density at radius 3 is 2.29 bits per heavy atom. The van der Waals surface area contributed by atoms with Crippen molar-refractivity contribution in [3.8, 4) is 12.3 Å². The zero-order valence-electron chi connectivity index (χ0n) is 8.03. The van der Waals surface area contributed by atoms with Crippen LogP contribution in [-0.2, 0) is 9.59 Å². The van der Waals surface area contributed by atoms with Crippen LogP contribution in [0.2, 0.25) is 0 Å². The van der Waals surface area contributed by atoms with Crippen molar-refractivity contribution in [1.82, 2.24) is 4.90 Å². The van der Waals surface area contributed by atoms with Crippen molar-refractivity contribution in [3.05, 3.63) is 0 Å².